The van der Waals surface area contributed by atoms with E-state index in [4.69, 9.17) is 4.74 Å². The lowest BCUT2D eigenvalue weighted by Gasteiger charge is -2.23. The molecule has 0 aromatic heterocycles. The third-order valence-corrected chi connectivity index (χ3v) is 13.8. The summed E-state index contributed by atoms with van der Waals surface area (Å²) < 4.78 is 6.50. The molecule has 6 rings (SSSR count). The van der Waals surface area contributed by atoms with Crippen LogP contribution in [0.15, 0.2) is 66.7 Å². The highest BCUT2D eigenvalue weighted by molar-refractivity contribution is 7.16. The molecule has 2 aliphatic carbocycles. The number of aryl methyl sites for hydroxylation is 1. The molecular weight excluding hydrogens is 792 g/mol. The number of carbonyl (C=O) groups is 1. The summed E-state index contributed by atoms with van der Waals surface area (Å²) in [7, 11) is 2.70. The molecule has 4 atom stereocenters. The van der Waals surface area contributed by atoms with Crippen molar-refractivity contribution in [1.29, 1.82) is 10.5 Å². The molecule has 338 valence electrons. The summed E-state index contributed by atoms with van der Waals surface area (Å²) in [6.45, 7) is 13.8. The van der Waals surface area contributed by atoms with Gasteiger partial charge in [0.2, 0.25) is 0 Å². The molecule has 1 N–H and O–H groups in total. The van der Waals surface area contributed by atoms with Crippen LogP contribution in [0, 0.1) is 47.3 Å². The first kappa shape index (κ1) is 51.2. The monoisotopic (exact) mass is 869 g/mol. The highest BCUT2D eigenvalue weighted by Crippen LogP contribution is 2.45. The summed E-state index contributed by atoms with van der Waals surface area (Å²) in [5.41, 5.74) is 11.9. The van der Waals surface area contributed by atoms with Crippen LogP contribution in [0.5, 0.6) is 11.5 Å². The molecule has 0 spiro atoms. The minimum atomic E-state index is 0.213. The maximum Gasteiger partial charge on any atom is 0.123 e. The van der Waals surface area contributed by atoms with Gasteiger partial charge in [0, 0.05) is 6.42 Å². The van der Waals surface area contributed by atoms with Gasteiger partial charge in [0.15, 0.2) is 0 Å². The van der Waals surface area contributed by atoms with Crippen molar-refractivity contribution in [2.24, 2.45) is 17.8 Å². The first-order valence-corrected chi connectivity index (χ1v) is 25.2. The lowest BCUT2D eigenvalue weighted by molar-refractivity contribution is -0.107. The van der Waals surface area contributed by atoms with Crippen molar-refractivity contribution in [3.05, 3.63) is 117 Å². The van der Waals surface area contributed by atoms with Gasteiger partial charge in [0.1, 0.15) is 24.4 Å². The fourth-order valence-electron chi connectivity index (χ4n) is 9.64. The van der Waals surface area contributed by atoms with E-state index >= 15 is 0 Å². The van der Waals surface area contributed by atoms with Gasteiger partial charge in [-0.2, -0.15) is 10.5 Å². The van der Waals surface area contributed by atoms with Crippen LogP contribution in [-0.2, 0) is 37.1 Å². The Morgan fingerprint density at radius 1 is 0.841 bits per heavy atom. The molecule has 63 heavy (non-hydrogen) atoms. The van der Waals surface area contributed by atoms with Gasteiger partial charge in [-0.3, -0.25) is 0 Å². The van der Waals surface area contributed by atoms with Crippen molar-refractivity contribution < 1.29 is 14.6 Å². The number of phenols is 1. The second-order valence-corrected chi connectivity index (χ2v) is 19.0. The fourth-order valence-corrected chi connectivity index (χ4v) is 10.1. The number of unbranched alkanes of at least 4 members (excludes halogenated alkanes) is 3. The van der Waals surface area contributed by atoms with E-state index in [9.17, 15) is 20.4 Å². The average molecular weight is 869 g/mol. The Morgan fingerprint density at radius 2 is 1.56 bits per heavy atom. The SMILES string of the molecule is CC1CCCCC1.CCCCP.CCCc1cccc(-c2cccc3c2CC[C@@H]3C(C)Cc2cc(OCc3cc(C#N)cc(C#N)c3)c(CC(CC)CCCCC=O)cc2O)c1C. The van der Waals surface area contributed by atoms with Crippen LogP contribution in [0.2, 0.25) is 0 Å². The predicted octanol–water partition coefficient (Wildman–Crippen LogP) is 15.1. The molecule has 0 heterocycles. The Labute approximate surface area is 384 Å². The highest BCUT2D eigenvalue weighted by atomic mass is 31.0. The maximum absolute atomic E-state index is 11.5. The average Bonchev–Trinajstić information content (AvgIpc) is 3.74. The van der Waals surface area contributed by atoms with Crippen molar-refractivity contribution in [2.45, 2.75) is 170 Å². The number of benzene rings is 4. The van der Waals surface area contributed by atoms with Crippen LogP contribution in [0.1, 0.15) is 180 Å². The molecule has 6 heteroatoms. The Kier molecular flexibility index (Phi) is 22.5. The van der Waals surface area contributed by atoms with E-state index in [2.05, 4.69) is 99.3 Å². The Morgan fingerprint density at radius 3 is 2.16 bits per heavy atom. The smallest absolute Gasteiger partial charge is 0.123 e. The number of phenolic OH excluding ortho intramolecular Hbond substituents is 1. The molecule has 0 radical (unpaired) electrons. The van der Waals surface area contributed by atoms with Crippen LogP contribution >= 0.6 is 9.24 Å². The van der Waals surface area contributed by atoms with Crippen LogP contribution in [0.25, 0.3) is 11.1 Å². The third-order valence-electron chi connectivity index (χ3n) is 13.4. The van der Waals surface area contributed by atoms with E-state index in [1.165, 1.54) is 84.5 Å². The van der Waals surface area contributed by atoms with Crippen molar-refractivity contribution in [2.75, 3.05) is 6.16 Å². The molecule has 4 aromatic rings. The molecule has 1 saturated carbocycles. The first-order valence-electron chi connectivity index (χ1n) is 24.4. The van der Waals surface area contributed by atoms with Crippen LogP contribution in [-0.4, -0.2) is 17.6 Å². The molecule has 0 bridgehead atoms. The van der Waals surface area contributed by atoms with Gasteiger partial charge in [0.05, 0.1) is 23.3 Å². The number of ether oxygens (including phenoxy) is 1. The van der Waals surface area contributed by atoms with Gasteiger partial charge < -0.3 is 14.6 Å². The molecule has 5 nitrogen and oxygen atoms in total. The second-order valence-electron chi connectivity index (χ2n) is 18.4. The summed E-state index contributed by atoms with van der Waals surface area (Å²) in [6.07, 6.45) is 22.7. The number of hydrogen-bond donors (Lipinski definition) is 1. The van der Waals surface area contributed by atoms with E-state index < -0.39 is 0 Å². The van der Waals surface area contributed by atoms with E-state index in [0.29, 0.717) is 47.5 Å². The van der Waals surface area contributed by atoms with Crippen molar-refractivity contribution in [3.63, 3.8) is 0 Å². The molecule has 3 unspecified atom stereocenters. The quantitative estimate of drug-likeness (QED) is 0.0575. The summed E-state index contributed by atoms with van der Waals surface area (Å²) in [5.74, 6) is 3.15. The minimum absolute atomic E-state index is 0.213. The van der Waals surface area contributed by atoms with Crippen molar-refractivity contribution in [3.8, 4) is 34.8 Å². The molecule has 0 saturated heterocycles. The Balaban J connectivity index is 0.000000631. The normalized spacial score (nSPS) is 15.3. The lowest BCUT2D eigenvalue weighted by atomic mass is 9.82. The number of aldehydes is 1. The van der Waals surface area contributed by atoms with E-state index in [-0.39, 0.29) is 6.61 Å². The van der Waals surface area contributed by atoms with Crippen LogP contribution in [0.3, 0.4) is 0 Å². The molecule has 4 aromatic carbocycles. The summed E-state index contributed by atoms with van der Waals surface area (Å²) in [4.78, 5) is 10.9. The topological polar surface area (TPSA) is 94.1 Å². The van der Waals surface area contributed by atoms with Gasteiger partial charge in [-0.15, -0.1) is 9.24 Å². The van der Waals surface area contributed by atoms with E-state index in [1.54, 1.807) is 18.2 Å². The van der Waals surface area contributed by atoms with Crippen molar-refractivity contribution >= 4 is 15.5 Å². The zero-order valence-corrected chi connectivity index (χ0v) is 40.8. The zero-order valence-electron chi connectivity index (χ0n) is 39.6. The van der Waals surface area contributed by atoms with Gasteiger partial charge in [-0.05, 0) is 156 Å². The summed E-state index contributed by atoms with van der Waals surface area (Å²) >= 11 is 0. The molecule has 1 fully saturated rings. The van der Waals surface area contributed by atoms with Gasteiger partial charge in [-0.25, -0.2) is 0 Å². The molecule has 0 amide bonds. The molecular formula is C57H77N2O3P. The minimum Gasteiger partial charge on any atom is -0.508 e. The standard InChI is InChI=1S/C46H52N2O3.C7H14.C4H11P/c1-5-12-37-14-10-15-41(32(37)4)43-17-11-16-42-40(18-19-44(42)43)31(3)21-38-27-46(51-30-36-23-34(28-47)22-35(24-36)29-48)39(26-45(38)50)25-33(6-2)13-8-7-9-20-49;1-7-5-3-2-4-6-7;1-2-3-4-5/h10-11,14-17,20,22-24,26-27,31,33,40,50H,5-9,12-13,18-19,21,25,30H2,1-4H3;7H,2-6H2,1H3;2-5H2,1H3/t31?,33?,40-;;/m1../s1. The number of nitriles is 2. The first-order chi connectivity index (χ1) is 30.6. The third kappa shape index (κ3) is 15.6. The van der Waals surface area contributed by atoms with E-state index in [0.717, 1.165) is 92.4 Å². The summed E-state index contributed by atoms with van der Waals surface area (Å²) in [6, 6.07) is 26.9. The number of rotatable bonds is 19. The van der Waals surface area contributed by atoms with Gasteiger partial charge in [0.25, 0.3) is 0 Å². The van der Waals surface area contributed by atoms with Crippen LogP contribution < -0.4 is 4.74 Å². The van der Waals surface area contributed by atoms with Gasteiger partial charge in [-0.1, -0.05) is 142 Å². The molecule has 2 aliphatic rings. The fraction of sp³-hybridized carbons (Fsp3) is 0.526. The number of hydrogen-bond acceptors (Lipinski definition) is 5. The molecule has 0 aliphatic heterocycles. The summed E-state index contributed by atoms with van der Waals surface area (Å²) in [5, 5.41) is 30.5. The largest absolute Gasteiger partial charge is 0.508 e. The number of aromatic hydroxyl groups is 1. The lowest BCUT2D eigenvalue weighted by Crippen LogP contribution is -2.11. The maximum atomic E-state index is 11.5. The second kappa shape index (κ2) is 27.7. The Hall–Kier alpha value is -4.44. The van der Waals surface area contributed by atoms with E-state index in [1.807, 2.05) is 12.1 Å². The predicted molar refractivity (Wildman–Crippen MR) is 267 cm³/mol. The Bertz CT molecular complexity index is 2070. The number of nitrogens with zero attached hydrogens (tertiary/aromatic N) is 2. The number of fused-ring (bicyclic) bond motifs is 1. The highest BCUT2D eigenvalue weighted by Gasteiger charge is 2.30. The van der Waals surface area contributed by atoms with Crippen molar-refractivity contribution in [1.82, 2.24) is 0 Å². The number of carbonyl (C=O) groups excluding carboxylic acids is 1. The van der Waals surface area contributed by atoms with Gasteiger partial charge >= 0.3 is 0 Å². The van der Waals surface area contributed by atoms with Crippen LogP contribution in [0.4, 0.5) is 0 Å². The zero-order chi connectivity index (χ0) is 45.6.